The molecule has 0 aliphatic carbocycles. The van der Waals surface area contributed by atoms with E-state index in [1.165, 1.54) is 0 Å². The van der Waals surface area contributed by atoms with E-state index in [1.54, 1.807) is 17.3 Å². The maximum atomic E-state index is 12.4. The monoisotopic (exact) mass is 334 g/mol. The van der Waals surface area contributed by atoms with Crippen LogP contribution in [0.3, 0.4) is 0 Å². The number of hydrogen-bond acceptors (Lipinski definition) is 4. The number of amides is 2. The molecule has 0 radical (unpaired) electrons. The summed E-state index contributed by atoms with van der Waals surface area (Å²) in [7, 11) is 1.81. The molecule has 1 aromatic rings. The summed E-state index contributed by atoms with van der Waals surface area (Å²) in [6.45, 7) is 11.5. The fourth-order valence-electron chi connectivity index (χ4n) is 3.04. The number of urea groups is 1. The Hall–Kier alpha value is -1.66. The first-order valence-corrected chi connectivity index (χ1v) is 8.56. The van der Waals surface area contributed by atoms with E-state index in [2.05, 4.69) is 42.9 Å². The number of carbonyl (C=O) groups excluding carboxylic acids is 1. The summed E-state index contributed by atoms with van der Waals surface area (Å²) in [5.74, 6) is 0. The predicted molar refractivity (Wildman–Crippen MR) is 94.8 cm³/mol. The van der Waals surface area contributed by atoms with Gasteiger partial charge in [0.05, 0.1) is 12.2 Å². The van der Waals surface area contributed by atoms with Gasteiger partial charge in [0.1, 0.15) is 0 Å². The highest BCUT2D eigenvalue weighted by Crippen LogP contribution is 2.20. The summed E-state index contributed by atoms with van der Waals surface area (Å²) in [5.41, 5.74) is 0.956. The molecule has 134 valence electrons. The molecule has 0 spiro atoms. The van der Waals surface area contributed by atoms with E-state index in [0.29, 0.717) is 13.1 Å². The van der Waals surface area contributed by atoms with Crippen molar-refractivity contribution in [3.05, 3.63) is 30.1 Å². The first-order valence-electron chi connectivity index (χ1n) is 8.56. The Bertz CT molecular complexity index is 525. The smallest absolute Gasteiger partial charge is 0.317 e. The number of pyridine rings is 1. The van der Waals surface area contributed by atoms with Gasteiger partial charge in [0, 0.05) is 51.2 Å². The lowest BCUT2D eigenvalue weighted by atomic mass is 10.00. The lowest BCUT2D eigenvalue weighted by Crippen LogP contribution is -2.59. The minimum atomic E-state index is -0.112. The van der Waals surface area contributed by atoms with Gasteiger partial charge in [-0.25, -0.2) is 4.79 Å². The molecule has 1 fully saturated rings. The van der Waals surface area contributed by atoms with Crippen LogP contribution in [0, 0.1) is 0 Å². The minimum absolute atomic E-state index is 0.0609. The van der Waals surface area contributed by atoms with Crippen LogP contribution in [-0.2, 0) is 11.3 Å². The van der Waals surface area contributed by atoms with Crippen molar-refractivity contribution in [2.45, 2.75) is 52.0 Å². The largest absolute Gasteiger partial charge is 0.373 e. The lowest BCUT2D eigenvalue weighted by molar-refractivity contribution is -0.0948. The molecule has 0 bridgehead atoms. The van der Waals surface area contributed by atoms with Gasteiger partial charge >= 0.3 is 6.03 Å². The van der Waals surface area contributed by atoms with Crippen molar-refractivity contribution in [3.8, 4) is 0 Å². The number of rotatable bonds is 5. The molecule has 1 aliphatic rings. The first-order chi connectivity index (χ1) is 11.3. The molecular weight excluding hydrogens is 304 g/mol. The molecule has 1 saturated heterocycles. The Morgan fingerprint density at radius 3 is 2.50 bits per heavy atom. The van der Waals surface area contributed by atoms with Gasteiger partial charge in [0.2, 0.25) is 0 Å². The van der Waals surface area contributed by atoms with Gasteiger partial charge in [0.15, 0.2) is 0 Å². The molecule has 2 rings (SSSR count). The van der Waals surface area contributed by atoms with E-state index in [9.17, 15) is 4.79 Å². The fraction of sp³-hybridized carbons (Fsp3) is 0.667. The second kappa shape index (κ2) is 7.94. The topological polar surface area (TPSA) is 57.7 Å². The molecule has 6 nitrogen and oxygen atoms in total. The van der Waals surface area contributed by atoms with Crippen molar-refractivity contribution in [1.29, 1.82) is 0 Å². The standard InChI is InChI=1S/C18H30N4O2/c1-14-10-22(11-15(2)24-14)18(3,4)13-20-17(23)21(5)12-16-6-8-19-9-7-16/h6-9,14-15H,10-13H2,1-5H3,(H,20,23). The number of carbonyl (C=O) groups is 1. The van der Waals surface area contributed by atoms with Gasteiger partial charge in [-0.2, -0.15) is 0 Å². The second-order valence-electron chi connectivity index (χ2n) is 7.34. The van der Waals surface area contributed by atoms with Crippen LogP contribution in [0.2, 0.25) is 0 Å². The fourth-order valence-corrected chi connectivity index (χ4v) is 3.04. The maximum Gasteiger partial charge on any atom is 0.317 e. The van der Waals surface area contributed by atoms with Crippen LogP contribution in [0.15, 0.2) is 24.5 Å². The quantitative estimate of drug-likeness (QED) is 0.896. The summed E-state index contributed by atoms with van der Waals surface area (Å²) >= 11 is 0. The van der Waals surface area contributed by atoms with Crippen molar-refractivity contribution in [2.75, 3.05) is 26.7 Å². The Morgan fingerprint density at radius 1 is 1.33 bits per heavy atom. The molecule has 2 amide bonds. The van der Waals surface area contributed by atoms with Crippen LogP contribution in [0.5, 0.6) is 0 Å². The number of nitrogens with one attached hydrogen (secondary N) is 1. The van der Waals surface area contributed by atoms with Crippen molar-refractivity contribution >= 4 is 6.03 Å². The number of morpholine rings is 1. The summed E-state index contributed by atoms with van der Waals surface area (Å²) < 4.78 is 5.80. The molecule has 1 aromatic heterocycles. The molecule has 2 atom stereocenters. The first kappa shape index (κ1) is 18.7. The Balaban J connectivity index is 1.85. The van der Waals surface area contributed by atoms with Crippen molar-refractivity contribution < 1.29 is 9.53 Å². The molecule has 1 aliphatic heterocycles. The molecule has 6 heteroatoms. The van der Waals surface area contributed by atoms with E-state index in [0.717, 1.165) is 18.7 Å². The highest BCUT2D eigenvalue weighted by atomic mass is 16.5. The summed E-state index contributed by atoms with van der Waals surface area (Å²) in [4.78, 5) is 20.4. The van der Waals surface area contributed by atoms with E-state index in [1.807, 2.05) is 19.2 Å². The number of hydrogen-bond donors (Lipinski definition) is 1. The van der Waals surface area contributed by atoms with Crippen LogP contribution in [0.1, 0.15) is 33.3 Å². The lowest BCUT2D eigenvalue weighted by Gasteiger charge is -2.45. The van der Waals surface area contributed by atoms with E-state index in [4.69, 9.17) is 4.74 Å². The van der Waals surface area contributed by atoms with Crippen molar-refractivity contribution in [1.82, 2.24) is 20.1 Å². The van der Waals surface area contributed by atoms with Gasteiger partial charge < -0.3 is 15.0 Å². The van der Waals surface area contributed by atoms with Crippen LogP contribution >= 0.6 is 0 Å². The SMILES string of the molecule is CC1CN(C(C)(C)CNC(=O)N(C)Cc2ccncc2)CC(C)O1. The van der Waals surface area contributed by atoms with Crippen LogP contribution in [0.4, 0.5) is 4.79 Å². The van der Waals surface area contributed by atoms with Gasteiger partial charge in [-0.05, 0) is 45.4 Å². The summed E-state index contributed by atoms with van der Waals surface area (Å²) in [5, 5.41) is 3.06. The zero-order valence-electron chi connectivity index (χ0n) is 15.5. The van der Waals surface area contributed by atoms with Gasteiger partial charge in [0.25, 0.3) is 0 Å². The van der Waals surface area contributed by atoms with Crippen molar-refractivity contribution in [2.24, 2.45) is 0 Å². The number of aromatic nitrogens is 1. The number of ether oxygens (including phenoxy) is 1. The van der Waals surface area contributed by atoms with E-state index in [-0.39, 0.29) is 23.8 Å². The molecule has 0 aromatic carbocycles. The molecule has 1 N–H and O–H groups in total. The maximum absolute atomic E-state index is 12.4. The van der Waals surface area contributed by atoms with E-state index >= 15 is 0 Å². The molecule has 2 heterocycles. The van der Waals surface area contributed by atoms with Crippen LogP contribution in [-0.4, -0.2) is 65.2 Å². The van der Waals surface area contributed by atoms with Gasteiger partial charge in [-0.3, -0.25) is 9.88 Å². The van der Waals surface area contributed by atoms with E-state index < -0.39 is 0 Å². The highest BCUT2D eigenvalue weighted by molar-refractivity contribution is 5.73. The van der Waals surface area contributed by atoms with Gasteiger partial charge in [-0.1, -0.05) is 0 Å². The van der Waals surface area contributed by atoms with Crippen molar-refractivity contribution in [3.63, 3.8) is 0 Å². The summed E-state index contributed by atoms with van der Waals surface area (Å²) in [6.07, 6.45) is 3.92. The van der Waals surface area contributed by atoms with Crippen LogP contribution < -0.4 is 5.32 Å². The van der Waals surface area contributed by atoms with Gasteiger partial charge in [-0.15, -0.1) is 0 Å². The number of nitrogens with zero attached hydrogens (tertiary/aromatic N) is 3. The highest BCUT2D eigenvalue weighted by Gasteiger charge is 2.33. The predicted octanol–water partition coefficient (Wildman–Crippen LogP) is 2.11. The third kappa shape index (κ3) is 5.18. The Kier molecular flexibility index (Phi) is 6.18. The normalized spacial score (nSPS) is 22.2. The minimum Gasteiger partial charge on any atom is -0.373 e. The third-order valence-electron chi connectivity index (χ3n) is 4.46. The molecular formula is C18H30N4O2. The zero-order valence-corrected chi connectivity index (χ0v) is 15.5. The third-order valence-corrected chi connectivity index (χ3v) is 4.46. The van der Waals surface area contributed by atoms with Crippen LogP contribution in [0.25, 0.3) is 0 Å². The Labute approximate surface area is 145 Å². The second-order valence-corrected chi connectivity index (χ2v) is 7.34. The molecule has 2 unspecified atom stereocenters. The Morgan fingerprint density at radius 2 is 1.92 bits per heavy atom. The summed E-state index contributed by atoms with van der Waals surface area (Å²) in [6, 6.07) is 3.78. The average Bonchev–Trinajstić information content (AvgIpc) is 2.52. The zero-order chi connectivity index (χ0) is 17.7. The average molecular weight is 334 g/mol. The molecule has 24 heavy (non-hydrogen) atoms. The molecule has 0 saturated carbocycles.